The summed E-state index contributed by atoms with van der Waals surface area (Å²) in [7, 11) is 0. The van der Waals surface area contributed by atoms with Gasteiger partial charge in [0.1, 0.15) is 17.3 Å². The number of carbonyl (C=O) groups is 2. The zero-order valence-electron chi connectivity index (χ0n) is 15.5. The predicted molar refractivity (Wildman–Crippen MR) is 102 cm³/mol. The fraction of sp³-hybridized carbons (Fsp3) is 0.273. The quantitative estimate of drug-likeness (QED) is 0.754. The van der Waals surface area contributed by atoms with Crippen LogP contribution in [0.5, 0.6) is 0 Å². The third kappa shape index (κ3) is 3.09. The van der Waals surface area contributed by atoms with Gasteiger partial charge >= 0.3 is 0 Å². The average Bonchev–Trinajstić information content (AvgIpc) is 2.94. The first kappa shape index (κ1) is 18.3. The SMILES string of the molecule is CC1CCN(C2=C(c3ccccc3)C(=O)N(c3ccc(F)cc3F)C2=O)CC1. The number of imide groups is 1. The van der Waals surface area contributed by atoms with Crippen LogP contribution in [-0.2, 0) is 9.59 Å². The summed E-state index contributed by atoms with van der Waals surface area (Å²) in [6, 6.07) is 11.8. The van der Waals surface area contributed by atoms with E-state index in [0.717, 1.165) is 29.9 Å². The summed E-state index contributed by atoms with van der Waals surface area (Å²) in [5.41, 5.74) is 0.945. The van der Waals surface area contributed by atoms with Crippen LogP contribution in [0.2, 0.25) is 0 Å². The lowest BCUT2D eigenvalue weighted by atomic mass is 9.97. The highest BCUT2D eigenvalue weighted by atomic mass is 19.1. The van der Waals surface area contributed by atoms with Gasteiger partial charge in [-0.3, -0.25) is 9.59 Å². The zero-order valence-corrected chi connectivity index (χ0v) is 15.5. The molecule has 0 bridgehead atoms. The van der Waals surface area contributed by atoms with E-state index in [9.17, 15) is 18.4 Å². The van der Waals surface area contributed by atoms with Crippen LogP contribution in [0.1, 0.15) is 25.3 Å². The van der Waals surface area contributed by atoms with Crippen LogP contribution in [0.4, 0.5) is 14.5 Å². The van der Waals surface area contributed by atoms with Crippen molar-refractivity contribution >= 4 is 23.1 Å². The molecule has 4 nitrogen and oxygen atoms in total. The molecule has 0 unspecified atom stereocenters. The second kappa shape index (κ2) is 7.19. The van der Waals surface area contributed by atoms with Gasteiger partial charge in [-0.1, -0.05) is 37.3 Å². The Balaban J connectivity index is 1.82. The highest BCUT2D eigenvalue weighted by molar-refractivity contribution is 6.45. The number of likely N-dealkylation sites (tertiary alicyclic amines) is 1. The van der Waals surface area contributed by atoms with Crippen LogP contribution in [0, 0.1) is 17.6 Å². The predicted octanol–water partition coefficient (Wildman–Crippen LogP) is 3.98. The van der Waals surface area contributed by atoms with E-state index in [0.29, 0.717) is 36.3 Å². The fourth-order valence-corrected chi connectivity index (χ4v) is 3.79. The van der Waals surface area contributed by atoms with Gasteiger partial charge < -0.3 is 4.90 Å². The van der Waals surface area contributed by atoms with Gasteiger partial charge in [0, 0.05) is 19.2 Å². The van der Waals surface area contributed by atoms with Crippen LogP contribution < -0.4 is 4.90 Å². The Morgan fingerprint density at radius 1 is 0.929 bits per heavy atom. The third-order valence-electron chi connectivity index (χ3n) is 5.37. The minimum Gasteiger partial charge on any atom is -0.366 e. The summed E-state index contributed by atoms with van der Waals surface area (Å²) < 4.78 is 27.7. The van der Waals surface area contributed by atoms with Crippen molar-refractivity contribution in [1.29, 1.82) is 0 Å². The second-order valence-electron chi connectivity index (χ2n) is 7.30. The average molecular weight is 382 g/mol. The first-order valence-electron chi connectivity index (χ1n) is 9.36. The van der Waals surface area contributed by atoms with Gasteiger partial charge in [-0.15, -0.1) is 0 Å². The highest BCUT2D eigenvalue weighted by Gasteiger charge is 2.43. The standard InChI is InChI=1S/C22H20F2N2O2/c1-14-9-11-25(12-10-14)20-19(15-5-3-2-4-6-15)21(27)26(22(20)28)18-8-7-16(23)13-17(18)24/h2-8,13-14H,9-12H2,1H3. The van der Waals surface area contributed by atoms with E-state index in [1.165, 1.54) is 0 Å². The molecule has 2 aliphatic heterocycles. The van der Waals surface area contributed by atoms with Crippen molar-refractivity contribution in [3.63, 3.8) is 0 Å². The molecule has 2 heterocycles. The molecule has 6 heteroatoms. The zero-order chi connectivity index (χ0) is 19.8. The first-order chi connectivity index (χ1) is 13.5. The number of halogens is 2. The first-order valence-corrected chi connectivity index (χ1v) is 9.36. The maximum atomic E-state index is 14.4. The molecule has 28 heavy (non-hydrogen) atoms. The molecule has 4 rings (SSSR count). The maximum Gasteiger partial charge on any atom is 0.282 e. The molecule has 2 amide bonds. The smallest absolute Gasteiger partial charge is 0.282 e. The van der Waals surface area contributed by atoms with Crippen LogP contribution in [-0.4, -0.2) is 29.8 Å². The lowest BCUT2D eigenvalue weighted by molar-refractivity contribution is -0.120. The van der Waals surface area contributed by atoms with Crippen LogP contribution in [0.3, 0.4) is 0 Å². The van der Waals surface area contributed by atoms with E-state index < -0.39 is 23.4 Å². The largest absolute Gasteiger partial charge is 0.366 e. The van der Waals surface area contributed by atoms with Gasteiger partial charge in [-0.05, 0) is 36.5 Å². The molecule has 0 N–H and O–H groups in total. The Hall–Kier alpha value is -3.02. The van der Waals surface area contributed by atoms with Gasteiger partial charge in [0.25, 0.3) is 11.8 Å². The molecule has 2 aromatic carbocycles. The maximum absolute atomic E-state index is 14.4. The number of anilines is 1. The van der Waals surface area contributed by atoms with Crippen molar-refractivity contribution in [2.45, 2.75) is 19.8 Å². The lowest BCUT2D eigenvalue weighted by Gasteiger charge is -2.32. The number of hydrogen-bond donors (Lipinski definition) is 0. The summed E-state index contributed by atoms with van der Waals surface area (Å²) in [5.74, 6) is -2.31. The molecule has 1 saturated heterocycles. The van der Waals surface area contributed by atoms with Gasteiger partial charge in [0.2, 0.25) is 0 Å². The number of hydrogen-bond acceptors (Lipinski definition) is 3. The molecular weight excluding hydrogens is 362 g/mol. The molecule has 144 valence electrons. The van der Waals surface area contributed by atoms with Gasteiger partial charge in [-0.2, -0.15) is 0 Å². The monoisotopic (exact) mass is 382 g/mol. The summed E-state index contributed by atoms with van der Waals surface area (Å²) >= 11 is 0. The number of rotatable bonds is 3. The van der Waals surface area contributed by atoms with Crippen LogP contribution in [0.15, 0.2) is 54.2 Å². The molecular formula is C22H20F2N2O2. The number of benzene rings is 2. The van der Waals surface area contributed by atoms with Crippen molar-refractivity contribution in [2.24, 2.45) is 5.92 Å². The lowest BCUT2D eigenvalue weighted by Crippen LogP contribution is -2.38. The van der Waals surface area contributed by atoms with Crippen LogP contribution in [0.25, 0.3) is 5.57 Å². The van der Waals surface area contributed by atoms with E-state index in [4.69, 9.17) is 0 Å². The summed E-state index contributed by atoms with van der Waals surface area (Å²) in [4.78, 5) is 29.2. The summed E-state index contributed by atoms with van der Waals surface area (Å²) in [6.45, 7) is 3.48. The fourth-order valence-electron chi connectivity index (χ4n) is 3.79. The Bertz CT molecular complexity index is 964. The number of piperidine rings is 1. The molecule has 0 aliphatic carbocycles. The Kier molecular flexibility index (Phi) is 4.71. The molecule has 2 aromatic rings. The summed E-state index contributed by atoms with van der Waals surface area (Å²) in [6.07, 6.45) is 1.83. The second-order valence-corrected chi connectivity index (χ2v) is 7.30. The highest BCUT2D eigenvalue weighted by Crippen LogP contribution is 2.37. The van der Waals surface area contributed by atoms with Gasteiger partial charge in [-0.25, -0.2) is 13.7 Å². The molecule has 0 saturated carbocycles. The van der Waals surface area contributed by atoms with E-state index >= 15 is 0 Å². The van der Waals surface area contributed by atoms with Crippen LogP contribution >= 0.6 is 0 Å². The molecule has 2 aliphatic rings. The van der Waals surface area contributed by atoms with Crippen molar-refractivity contribution in [1.82, 2.24) is 4.90 Å². The minimum absolute atomic E-state index is 0.231. The van der Waals surface area contributed by atoms with Crippen molar-refractivity contribution in [2.75, 3.05) is 18.0 Å². The van der Waals surface area contributed by atoms with Gasteiger partial charge in [0.05, 0.1) is 11.3 Å². The van der Waals surface area contributed by atoms with E-state index in [1.807, 2.05) is 11.0 Å². The minimum atomic E-state index is -0.942. The van der Waals surface area contributed by atoms with E-state index in [1.54, 1.807) is 24.3 Å². The molecule has 0 radical (unpaired) electrons. The van der Waals surface area contributed by atoms with E-state index in [2.05, 4.69) is 6.92 Å². The Morgan fingerprint density at radius 2 is 1.61 bits per heavy atom. The topological polar surface area (TPSA) is 40.6 Å². The summed E-state index contributed by atoms with van der Waals surface area (Å²) in [5, 5.41) is 0. The Morgan fingerprint density at radius 3 is 2.25 bits per heavy atom. The van der Waals surface area contributed by atoms with E-state index in [-0.39, 0.29) is 11.3 Å². The van der Waals surface area contributed by atoms with Crippen molar-refractivity contribution in [3.05, 3.63) is 71.4 Å². The van der Waals surface area contributed by atoms with Crippen molar-refractivity contribution < 1.29 is 18.4 Å². The third-order valence-corrected chi connectivity index (χ3v) is 5.37. The number of amides is 2. The molecule has 0 spiro atoms. The van der Waals surface area contributed by atoms with Crippen molar-refractivity contribution in [3.8, 4) is 0 Å². The molecule has 0 atom stereocenters. The van der Waals surface area contributed by atoms with Gasteiger partial charge in [0.15, 0.2) is 0 Å². The number of carbonyl (C=O) groups excluding carboxylic acids is 2. The molecule has 1 fully saturated rings. The number of nitrogens with zero attached hydrogens (tertiary/aromatic N) is 2. The Labute approximate surface area is 162 Å². The normalized spacial score (nSPS) is 18.4. The molecule has 0 aromatic heterocycles.